The highest BCUT2D eigenvalue weighted by Crippen LogP contribution is 2.26. The third-order valence-corrected chi connectivity index (χ3v) is 4.08. The number of benzene rings is 1. The molecule has 2 heterocycles. The van der Waals surface area contributed by atoms with Gasteiger partial charge in [-0.3, -0.25) is 0 Å². The highest BCUT2D eigenvalue weighted by Gasteiger charge is 2.16. The van der Waals surface area contributed by atoms with Crippen LogP contribution in [0.4, 0.5) is 5.69 Å². The number of piperidine rings is 1. The van der Waals surface area contributed by atoms with Crippen LogP contribution in [0.3, 0.4) is 0 Å². The highest BCUT2D eigenvalue weighted by atomic mass is 15.1. The second-order valence-electron chi connectivity index (χ2n) is 5.29. The standard InChI is InChI=1S/C15H22N2/c1-2-11-17(12-3-1)14-8-6-13(7-9-14)15-5-4-10-16-15/h6-9,15-16H,1-5,10-12H2/t15-/m0/s1. The van der Waals surface area contributed by atoms with Crippen molar-refractivity contribution in [2.45, 2.75) is 38.1 Å². The summed E-state index contributed by atoms with van der Waals surface area (Å²) in [4.78, 5) is 2.52. The number of rotatable bonds is 2. The molecule has 0 amide bonds. The lowest BCUT2D eigenvalue weighted by molar-refractivity contribution is 0.577. The maximum Gasteiger partial charge on any atom is 0.0366 e. The van der Waals surface area contributed by atoms with E-state index in [9.17, 15) is 0 Å². The lowest BCUT2D eigenvalue weighted by atomic mass is 10.0. The molecule has 0 bridgehead atoms. The van der Waals surface area contributed by atoms with Gasteiger partial charge < -0.3 is 10.2 Å². The molecule has 2 fully saturated rings. The molecule has 2 aliphatic heterocycles. The minimum absolute atomic E-state index is 0.602. The Morgan fingerprint density at radius 3 is 2.35 bits per heavy atom. The van der Waals surface area contributed by atoms with Crippen LogP contribution in [0.2, 0.25) is 0 Å². The van der Waals surface area contributed by atoms with E-state index in [0.29, 0.717) is 6.04 Å². The number of nitrogens with one attached hydrogen (secondary N) is 1. The fourth-order valence-electron chi connectivity index (χ4n) is 3.04. The molecule has 1 aromatic carbocycles. The molecular formula is C15H22N2. The van der Waals surface area contributed by atoms with Gasteiger partial charge in [0.05, 0.1) is 0 Å². The molecule has 1 atom stereocenters. The highest BCUT2D eigenvalue weighted by molar-refractivity contribution is 5.48. The Morgan fingerprint density at radius 1 is 0.941 bits per heavy atom. The fourth-order valence-corrected chi connectivity index (χ4v) is 3.04. The van der Waals surface area contributed by atoms with Crippen LogP contribution < -0.4 is 10.2 Å². The molecular weight excluding hydrogens is 208 g/mol. The van der Waals surface area contributed by atoms with E-state index >= 15 is 0 Å². The monoisotopic (exact) mass is 230 g/mol. The van der Waals surface area contributed by atoms with Gasteiger partial charge in [-0.25, -0.2) is 0 Å². The average Bonchev–Trinajstić information content (AvgIpc) is 2.94. The second-order valence-corrected chi connectivity index (χ2v) is 5.29. The van der Waals surface area contributed by atoms with E-state index in [0.717, 1.165) is 0 Å². The van der Waals surface area contributed by atoms with Crippen molar-refractivity contribution < 1.29 is 0 Å². The predicted octanol–water partition coefficient (Wildman–Crippen LogP) is 3.10. The van der Waals surface area contributed by atoms with Crippen LogP contribution in [0.5, 0.6) is 0 Å². The zero-order valence-corrected chi connectivity index (χ0v) is 10.5. The Bertz CT molecular complexity index is 346. The summed E-state index contributed by atoms with van der Waals surface area (Å²) < 4.78 is 0. The number of anilines is 1. The minimum atomic E-state index is 0.602. The molecule has 0 saturated carbocycles. The Labute approximate surface area is 104 Å². The molecule has 2 nitrogen and oxygen atoms in total. The Balaban J connectivity index is 1.70. The molecule has 2 heteroatoms. The van der Waals surface area contributed by atoms with Gasteiger partial charge in [-0.15, -0.1) is 0 Å². The molecule has 0 aromatic heterocycles. The fraction of sp³-hybridized carbons (Fsp3) is 0.600. The zero-order valence-electron chi connectivity index (χ0n) is 10.5. The maximum absolute atomic E-state index is 3.56. The quantitative estimate of drug-likeness (QED) is 0.840. The Hall–Kier alpha value is -1.02. The molecule has 1 N–H and O–H groups in total. The van der Waals surface area contributed by atoms with Crippen molar-refractivity contribution in [2.75, 3.05) is 24.5 Å². The van der Waals surface area contributed by atoms with Gasteiger partial charge in [-0.05, 0) is 56.3 Å². The lowest BCUT2D eigenvalue weighted by Gasteiger charge is -2.29. The van der Waals surface area contributed by atoms with Gasteiger partial charge in [-0.1, -0.05) is 12.1 Å². The summed E-state index contributed by atoms with van der Waals surface area (Å²) in [5.41, 5.74) is 2.87. The third-order valence-electron chi connectivity index (χ3n) is 4.08. The number of hydrogen-bond acceptors (Lipinski definition) is 2. The van der Waals surface area contributed by atoms with Crippen LogP contribution in [0.25, 0.3) is 0 Å². The minimum Gasteiger partial charge on any atom is -0.372 e. The smallest absolute Gasteiger partial charge is 0.0366 e. The van der Waals surface area contributed by atoms with E-state index < -0.39 is 0 Å². The second kappa shape index (κ2) is 5.09. The third kappa shape index (κ3) is 2.47. The first-order valence-corrected chi connectivity index (χ1v) is 7.02. The van der Waals surface area contributed by atoms with Gasteiger partial charge in [0, 0.05) is 24.8 Å². The normalized spacial score (nSPS) is 25.2. The van der Waals surface area contributed by atoms with Crippen molar-refractivity contribution in [1.82, 2.24) is 5.32 Å². The number of hydrogen-bond donors (Lipinski definition) is 1. The molecule has 0 spiro atoms. The predicted molar refractivity (Wildman–Crippen MR) is 72.5 cm³/mol. The molecule has 0 radical (unpaired) electrons. The molecule has 3 rings (SSSR count). The van der Waals surface area contributed by atoms with Crippen LogP contribution in [0.15, 0.2) is 24.3 Å². The van der Waals surface area contributed by atoms with Crippen LogP contribution in [-0.4, -0.2) is 19.6 Å². The van der Waals surface area contributed by atoms with Crippen LogP contribution in [-0.2, 0) is 0 Å². The summed E-state index contributed by atoms with van der Waals surface area (Å²) in [6.07, 6.45) is 6.72. The molecule has 0 unspecified atom stereocenters. The van der Waals surface area contributed by atoms with Crippen molar-refractivity contribution in [3.8, 4) is 0 Å². The van der Waals surface area contributed by atoms with Gasteiger partial charge in [-0.2, -0.15) is 0 Å². The topological polar surface area (TPSA) is 15.3 Å². The first kappa shape index (κ1) is 11.1. The molecule has 2 aliphatic rings. The van der Waals surface area contributed by atoms with Gasteiger partial charge in [0.25, 0.3) is 0 Å². The van der Waals surface area contributed by atoms with E-state index in [1.165, 1.54) is 63.0 Å². The summed E-state index contributed by atoms with van der Waals surface area (Å²) in [7, 11) is 0. The largest absolute Gasteiger partial charge is 0.372 e. The van der Waals surface area contributed by atoms with E-state index in [4.69, 9.17) is 0 Å². The van der Waals surface area contributed by atoms with Crippen LogP contribution >= 0.6 is 0 Å². The van der Waals surface area contributed by atoms with Gasteiger partial charge >= 0.3 is 0 Å². The first-order chi connectivity index (χ1) is 8.43. The van der Waals surface area contributed by atoms with E-state index in [2.05, 4.69) is 34.5 Å². The van der Waals surface area contributed by atoms with Gasteiger partial charge in [0.1, 0.15) is 0 Å². The van der Waals surface area contributed by atoms with Crippen LogP contribution in [0, 0.1) is 0 Å². The number of nitrogens with zero attached hydrogens (tertiary/aromatic N) is 1. The zero-order chi connectivity index (χ0) is 11.5. The van der Waals surface area contributed by atoms with Crippen molar-refractivity contribution in [3.05, 3.63) is 29.8 Å². The summed E-state index contributed by atoms with van der Waals surface area (Å²) in [6.45, 7) is 3.65. The molecule has 1 aromatic rings. The van der Waals surface area contributed by atoms with Crippen molar-refractivity contribution in [3.63, 3.8) is 0 Å². The van der Waals surface area contributed by atoms with Gasteiger partial charge in [0.2, 0.25) is 0 Å². The molecule has 2 saturated heterocycles. The van der Waals surface area contributed by atoms with Gasteiger partial charge in [0.15, 0.2) is 0 Å². The van der Waals surface area contributed by atoms with Crippen molar-refractivity contribution in [2.24, 2.45) is 0 Å². The maximum atomic E-state index is 3.56. The molecule has 17 heavy (non-hydrogen) atoms. The Kier molecular flexibility index (Phi) is 3.32. The van der Waals surface area contributed by atoms with E-state index in [1.807, 2.05) is 0 Å². The van der Waals surface area contributed by atoms with E-state index in [1.54, 1.807) is 0 Å². The lowest BCUT2D eigenvalue weighted by Crippen LogP contribution is -2.29. The molecule has 92 valence electrons. The summed E-state index contributed by atoms with van der Waals surface area (Å²) >= 11 is 0. The molecule has 0 aliphatic carbocycles. The summed E-state index contributed by atoms with van der Waals surface area (Å²) in [5, 5.41) is 3.56. The summed E-state index contributed by atoms with van der Waals surface area (Å²) in [5.74, 6) is 0. The first-order valence-electron chi connectivity index (χ1n) is 7.02. The summed E-state index contributed by atoms with van der Waals surface area (Å²) in [6, 6.07) is 9.84. The average molecular weight is 230 g/mol. The SMILES string of the molecule is c1cc(N2CCCCC2)ccc1[C@@H]1CCCN1. The van der Waals surface area contributed by atoms with Crippen LogP contribution in [0.1, 0.15) is 43.7 Å². The van der Waals surface area contributed by atoms with Crippen molar-refractivity contribution in [1.29, 1.82) is 0 Å². The Morgan fingerprint density at radius 2 is 1.71 bits per heavy atom. The van der Waals surface area contributed by atoms with Crippen molar-refractivity contribution >= 4 is 5.69 Å². The van der Waals surface area contributed by atoms with E-state index in [-0.39, 0.29) is 0 Å².